The van der Waals surface area contributed by atoms with Gasteiger partial charge in [0, 0.05) is 12.3 Å². The minimum absolute atomic E-state index is 0.0254. The minimum Gasteiger partial charge on any atom is -0.494 e. The molecule has 0 radical (unpaired) electrons. The zero-order chi connectivity index (χ0) is 11.2. The average Bonchev–Trinajstić information content (AvgIpc) is 2.33. The first-order valence-electron chi connectivity index (χ1n) is 5.64. The van der Waals surface area contributed by atoms with Crippen LogP contribution in [-0.2, 0) is 9.53 Å². The average molecular weight is 220 g/mol. The van der Waals surface area contributed by atoms with E-state index in [4.69, 9.17) is 9.47 Å². The molecule has 0 aromatic heterocycles. The summed E-state index contributed by atoms with van der Waals surface area (Å²) >= 11 is 0. The summed E-state index contributed by atoms with van der Waals surface area (Å²) in [5, 5.41) is 0. The molecular weight excluding hydrogens is 204 g/mol. The van der Waals surface area contributed by atoms with Gasteiger partial charge in [-0.05, 0) is 18.6 Å². The molecule has 0 aliphatic carbocycles. The highest BCUT2D eigenvalue weighted by atomic mass is 16.5. The molecule has 1 unspecified atom stereocenters. The fourth-order valence-corrected chi connectivity index (χ4v) is 1.78. The van der Waals surface area contributed by atoms with Crippen molar-refractivity contribution in [3.8, 4) is 5.75 Å². The molecule has 0 N–H and O–H groups in total. The smallest absolute Gasteiger partial charge is 0.140 e. The molecule has 86 valence electrons. The number of hydrogen-bond donors (Lipinski definition) is 0. The lowest BCUT2D eigenvalue weighted by molar-refractivity contribution is -0.131. The van der Waals surface area contributed by atoms with Gasteiger partial charge in [-0.2, -0.15) is 0 Å². The quantitative estimate of drug-likeness (QED) is 0.779. The van der Waals surface area contributed by atoms with Crippen LogP contribution in [0.1, 0.15) is 12.8 Å². The molecular formula is C13H16O3. The van der Waals surface area contributed by atoms with Gasteiger partial charge in [0.15, 0.2) is 0 Å². The predicted octanol–water partition coefficient (Wildman–Crippen LogP) is 2.06. The first-order valence-corrected chi connectivity index (χ1v) is 5.64. The molecule has 2 rings (SSSR count). The van der Waals surface area contributed by atoms with Crippen molar-refractivity contribution in [3.63, 3.8) is 0 Å². The summed E-state index contributed by atoms with van der Waals surface area (Å²) in [6, 6.07) is 9.65. The summed E-state index contributed by atoms with van der Waals surface area (Å²) in [5.41, 5.74) is 0. The highest BCUT2D eigenvalue weighted by Crippen LogP contribution is 2.15. The Bertz CT molecular complexity index is 334. The molecule has 1 heterocycles. The molecule has 0 amide bonds. The number of para-hydroxylation sites is 1. The third kappa shape index (κ3) is 3.07. The van der Waals surface area contributed by atoms with E-state index in [0.717, 1.165) is 12.2 Å². The molecule has 1 aromatic rings. The van der Waals surface area contributed by atoms with E-state index in [-0.39, 0.29) is 5.92 Å². The minimum atomic E-state index is 0.0254. The van der Waals surface area contributed by atoms with Crippen molar-refractivity contribution in [1.82, 2.24) is 0 Å². The second-order valence-electron chi connectivity index (χ2n) is 3.94. The molecule has 1 saturated heterocycles. The Kier molecular flexibility index (Phi) is 3.94. The molecule has 3 nitrogen and oxygen atoms in total. The van der Waals surface area contributed by atoms with Gasteiger partial charge in [-0.25, -0.2) is 0 Å². The van der Waals surface area contributed by atoms with Crippen molar-refractivity contribution in [3.05, 3.63) is 30.3 Å². The van der Waals surface area contributed by atoms with Crippen LogP contribution in [-0.4, -0.2) is 25.6 Å². The van der Waals surface area contributed by atoms with Crippen molar-refractivity contribution in [1.29, 1.82) is 0 Å². The van der Waals surface area contributed by atoms with Crippen LogP contribution < -0.4 is 4.74 Å². The lowest BCUT2D eigenvalue weighted by Crippen LogP contribution is -2.28. The summed E-state index contributed by atoms with van der Waals surface area (Å²) < 4.78 is 10.8. The summed E-state index contributed by atoms with van der Waals surface area (Å²) in [5.74, 6) is 1.19. The fraction of sp³-hybridized carbons (Fsp3) is 0.462. The monoisotopic (exact) mass is 220 g/mol. The second kappa shape index (κ2) is 5.66. The molecule has 1 atom stereocenters. The topological polar surface area (TPSA) is 35.5 Å². The van der Waals surface area contributed by atoms with Crippen LogP contribution in [0.15, 0.2) is 30.3 Å². The van der Waals surface area contributed by atoms with Gasteiger partial charge in [0.25, 0.3) is 0 Å². The van der Waals surface area contributed by atoms with Crippen molar-refractivity contribution < 1.29 is 14.3 Å². The Hall–Kier alpha value is -1.35. The van der Waals surface area contributed by atoms with Gasteiger partial charge in [-0.3, -0.25) is 4.79 Å². The number of Topliss-reactive ketones (excluding diaryl/α,β-unsaturated/α-hetero) is 1. The van der Waals surface area contributed by atoms with Crippen LogP contribution in [0, 0.1) is 5.92 Å². The fourth-order valence-electron chi connectivity index (χ4n) is 1.78. The summed E-state index contributed by atoms with van der Waals surface area (Å²) in [4.78, 5) is 11.5. The molecule has 16 heavy (non-hydrogen) atoms. The largest absolute Gasteiger partial charge is 0.494 e. The maximum Gasteiger partial charge on any atom is 0.140 e. The number of ether oxygens (including phenoxy) is 2. The standard InChI is InChI=1S/C13H16O3/c14-13-7-8-15-10-11(13)6-9-16-12-4-2-1-3-5-12/h1-5,11H,6-10H2. The first kappa shape index (κ1) is 11.1. The van der Waals surface area contributed by atoms with Crippen LogP contribution in [0.4, 0.5) is 0 Å². The van der Waals surface area contributed by atoms with Crippen molar-refractivity contribution in [2.75, 3.05) is 19.8 Å². The van der Waals surface area contributed by atoms with Crippen molar-refractivity contribution in [2.24, 2.45) is 5.92 Å². The van der Waals surface area contributed by atoms with Crippen LogP contribution in [0.5, 0.6) is 5.75 Å². The Labute approximate surface area is 95.4 Å². The summed E-state index contributed by atoms with van der Waals surface area (Å²) in [6.45, 7) is 1.70. The SMILES string of the molecule is O=C1CCOCC1CCOc1ccccc1. The van der Waals surface area contributed by atoms with Crippen molar-refractivity contribution >= 4 is 5.78 Å². The van der Waals surface area contributed by atoms with Crippen LogP contribution in [0.2, 0.25) is 0 Å². The molecule has 0 bridgehead atoms. The van der Waals surface area contributed by atoms with E-state index in [1.54, 1.807) is 0 Å². The van der Waals surface area contributed by atoms with E-state index in [1.165, 1.54) is 0 Å². The van der Waals surface area contributed by atoms with Gasteiger partial charge in [-0.1, -0.05) is 18.2 Å². The van der Waals surface area contributed by atoms with Gasteiger partial charge in [0.1, 0.15) is 11.5 Å². The number of hydrogen-bond acceptors (Lipinski definition) is 3. The lowest BCUT2D eigenvalue weighted by Gasteiger charge is -2.20. The maximum absolute atomic E-state index is 11.5. The molecule has 1 aliphatic heterocycles. The van der Waals surface area contributed by atoms with Crippen LogP contribution >= 0.6 is 0 Å². The Morgan fingerprint density at radius 3 is 2.88 bits per heavy atom. The molecule has 3 heteroatoms. The van der Waals surface area contributed by atoms with Gasteiger partial charge >= 0.3 is 0 Å². The van der Waals surface area contributed by atoms with Gasteiger partial charge in [-0.15, -0.1) is 0 Å². The van der Waals surface area contributed by atoms with Crippen LogP contribution in [0.25, 0.3) is 0 Å². The predicted molar refractivity (Wildman–Crippen MR) is 60.5 cm³/mol. The van der Waals surface area contributed by atoms with Crippen molar-refractivity contribution in [2.45, 2.75) is 12.8 Å². The zero-order valence-electron chi connectivity index (χ0n) is 9.22. The Morgan fingerprint density at radius 2 is 2.12 bits per heavy atom. The van der Waals surface area contributed by atoms with E-state index < -0.39 is 0 Å². The molecule has 1 aromatic carbocycles. The lowest BCUT2D eigenvalue weighted by atomic mass is 9.98. The third-order valence-electron chi connectivity index (χ3n) is 2.75. The van der Waals surface area contributed by atoms with Crippen LogP contribution in [0.3, 0.4) is 0 Å². The molecule has 0 spiro atoms. The molecule has 1 aliphatic rings. The molecule has 1 fully saturated rings. The Morgan fingerprint density at radius 1 is 1.31 bits per heavy atom. The zero-order valence-corrected chi connectivity index (χ0v) is 9.22. The van der Waals surface area contributed by atoms with E-state index in [2.05, 4.69) is 0 Å². The van der Waals surface area contributed by atoms with E-state index in [9.17, 15) is 4.79 Å². The van der Waals surface area contributed by atoms with E-state index in [1.807, 2.05) is 30.3 Å². The van der Waals surface area contributed by atoms with Gasteiger partial charge in [0.2, 0.25) is 0 Å². The number of benzene rings is 1. The van der Waals surface area contributed by atoms with E-state index >= 15 is 0 Å². The van der Waals surface area contributed by atoms with Gasteiger partial charge < -0.3 is 9.47 Å². The maximum atomic E-state index is 11.5. The molecule has 0 saturated carbocycles. The number of rotatable bonds is 4. The second-order valence-corrected chi connectivity index (χ2v) is 3.94. The van der Waals surface area contributed by atoms with E-state index in [0.29, 0.717) is 32.0 Å². The highest BCUT2D eigenvalue weighted by Gasteiger charge is 2.22. The number of ketones is 1. The third-order valence-corrected chi connectivity index (χ3v) is 2.75. The number of carbonyl (C=O) groups excluding carboxylic acids is 1. The summed E-state index contributed by atoms with van der Waals surface area (Å²) in [6.07, 6.45) is 1.30. The summed E-state index contributed by atoms with van der Waals surface area (Å²) in [7, 11) is 0. The Balaban J connectivity index is 1.73. The van der Waals surface area contributed by atoms with Gasteiger partial charge in [0.05, 0.1) is 19.8 Å². The highest BCUT2D eigenvalue weighted by molar-refractivity contribution is 5.81. The first-order chi connectivity index (χ1) is 7.86. The normalized spacial score (nSPS) is 20.8. The number of carbonyl (C=O) groups is 1.